The van der Waals surface area contributed by atoms with Crippen molar-refractivity contribution in [2.24, 2.45) is 46.8 Å². The number of rotatable bonds is 6. The van der Waals surface area contributed by atoms with Crippen molar-refractivity contribution in [3.05, 3.63) is 0 Å². The van der Waals surface area contributed by atoms with Gasteiger partial charge in [0.25, 0.3) is 0 Å². The normalized spacial score (nSPS) is 45.3. The van der Waals surface area contributed by atoms with Gasteiger partial charge in [0.2, 0.25) is 0 Å². The summed E-state index contributed by atoms with van der Waals surface area (Å²) < 4.78 is 40.3. The predicted molar refractivity (Wildman–Crippen MR) is 121 cm³/mol. The van der Waals surface area contributed by atoms with Gasteiger partial charge in [-0.1, -0.05) is 33.6 Å². The molecular formula is C27H45F3O2. The van der Waals surface area contributed by atoms with Crippen molar-refractivity contribution in [3.63, 3.8) is 0 Å². The van der Waals surface area contributed by atoms with Crippen LogP contribution in [0.25, 0.3) is 0 Å². The van der Waals surface area contributed by atoms with Crippen molar-refractivity contribution >= 4 is 0 Å². The molecule has 32 heavy (non-hydrogen) atoms. The third kappa shape index (κ3) is 4.39. The summed E-state index contributed by atoms with van der Waals surface area (Å²) >= 11 is 0. The average molecular weight is 459 g/mol. The lowest BCUT2D eigenvalue weighted by molar-refractivity contribution is -0.282. The smallest absolute Gasteiger partial charge is 0.393 e. The lowest BCUT2D eigenvalue weighted by Crippen LogP contribution is -2.55. The van der Waals surface area contributed by atoms with E-state index in [0.717, 1.165) is 37.5 Å². The molecule has 0 bridgehead atoms. The van der Waals surface area contributed by atoms with E-state index in [2.05, 4.69) is 20.8 Å². The molecule has 4 fully saturated rings. The first-order valence-corrected chi connectivity index (χ1v) is 13.4. The van der Waals surface area contributed by atoms with Crippen molar-refractivity contribution < 1.29 is 23.4 Å². The van der Waals surface area contributed by atoms with Crippen LogP contribution in [0.3, 0.4) is 0 Å². The largest absolute Gasteiger partial charge is 0.417 e. The lowest BCUT2D eigenvalue weighted by atomic mass is 9.49. The topological polar surface area (TPSA) is 40.5 Å². The highest BCUT2D eigenvalue weighted by Crippen LogP contribution is 2.65. The first-order valence-electron chi connectivity index (χ1n) is 13.4. The van der Waals surface area contributed by atoms with E-state index in [4.69, 9.17) is 0 Å². The number of hydrogen-bond donors (Lipinski definition) is 2. The zero-order valence-corrected chi connectivity index (χ0v) is 20.3. The Morgan fingerprint density at radius 2 is 1.62 bits per heavy atom. The van der Waals surface area contributed by atoms with Gasteiger partial charge < -0.3 is 10.2 Å². The van der Waals surface area contributed by atoms with Crippen molar-refractivity contribution in [2.45, 2.75) is 122 Å². The van der Waals surface area contributed by atoms with Gasteiger partial charge in [0.15, 0.2) is 5.60 Å². The Labute approximate surface area is 192 Å². The monoisotopic (exact) mass is 458 g/mol. The van der Waals surface area contributed by atoms with Gasteiger partial charge in [-0.3, -0.25) is 0 Å². The summed E-state index contributed by atoms with van der Waals surface area (Å²) in [6, 6.07) is 0. The molecule has 2 N–H and O–H groups in total. The minimum atomic E-state index is -4.50. The Morgan fingerprint density at radius 3 is 2.31 bits per heavy atom. The number of fused-ring (bicyclic) bond motifs is 5. The van der Waals surface area contributed by atoms with E-state index < -0.39 is 11.8 Å². The van der Waals surface area contributed by atoms with Gasteiger partial charge in [-0.15, -0.1) is 0 Å². The molecule has 0 spiro atoms. The van der Waals surface area contributed by atoms with E-state index in [1.807, 2.05) is 0 Å². The molecule has 0 aliphatic heterocycles. The summed E-state index contributed by atoms with van der Waals surface area (Å²) in [6.07, 6.45) is 7.10. The Kier molecular flexibility index (Phi) is 7.03. The molecule has 2 nitrogen and oxygen atoms in total. The molecule has 0 radical (unpaired) electrons. The maximum atomic E-state index is 13.4. The van der Waals surface area contributed by atoms with Gasteiger partial charge in [-0.05, 0) is 117 Å². The zero-order chi connectivity index (χ0) is 23.3. The van der Waals surface area contributed by atoms with Gasteiger partial charge >= 0.3 is 6.18 Å². The second kappa shape index (κ2) is 9.06. The zero-order valence-electron chi connectivity index (χ0n) is 20.3. The molecule has 4 saturated carbocycles. The number of aliphatic hydroxyl groups is 2. The van der Waals surface area contributed by atoms with Crippen LogP contribution in [0.4, 0.5) is 13.2 Å². The number of halogens is 3. The SMILES string of the molecule is CC(C)[C@H](O)CCCC[C@@H]1CC[C@H]2[C@@H]3CC[C@H]4C[C@](O)(C(F)(F)F)CC[C@@H]4[C@H]3CC[C@]12C. The summed E-state index contributed by atoms with van der Waals surface area (Å²) in [6.45, 7) is 6.68. The number of aliphatic hydroxyl groups excluding tert-OH is 1. The van der Waals surface area contributed by atoms with Gasteiger partial charge in [-0.2, -0.15) is 13.2 Å². The molecule has 0 heterocycles. The van der Waals surface area contributed by atoms with Crippen LogP contribution in [0.2, 0.25) is 0 Å². The molecule has 9 atom stereocenters. The highest BCUT2D eigenvalue weighted by Gasteiger charge is 2.61. The lowest BCUT2D eigenvalue weighted by Gasteiger charge is -2.57. The summed E-state index contributed by atoms with van der Waals surface area (Å²) in [5.74, 6) is 3.52. The van der Waals surface area contributed by atoms with Gasteiger partial charge in [0, 0.05) is 0 Å². The average Bonchev–Trinajstić information content (AvgIpc) is 3.06. The van der Waals surface area contributed by atoms with Crippen LogP contribution >= 0.6 is 0 Å². The minimum absolute atomic E-state index is 0.0468. The van der Waals surface area contributed by atoms with Crippen molar-refractivity contribution in [1.82, 2.24) is 0 Å². The Bertz CT molecular complexity index is 649. The van der Waals surface area contributed by atoms with Crippen LogP contribution in [-0.4, -0.2) is 28.1 Å². The maximum Gasteiger partial charge on any atom is 0.417 e. The quantitative estimate of drug-likeness (QED) is 0.416. The first-order chi connectivity index (χ1) is 15.0. The number of alkyl halides is 3. The molecule has 0 aromatic rings. The molecule has 0 aromatic heterocycles. The maximum absolute atomic E-state index is 13.4. The first kappa shape index (κ1) is 24.8. The van der Waals surface area contributed by atoms with Crippen LogP contribution in [0.15, 0.2) is 0 Å². The van der Waals surface area contributed by atoms with Crippen molar-refractivity contribution in [1.29, 1.82) is 0 Å². The van der Waals surface area contributed by atoms with E-state index >= 15 is 0 Å². The summed E-state index contributed by atoms with van der Waals surface area (Å²) in [4.78, 5) is 0. The fourth-order valence-electron chi connectivity index (χ4n) is 8.80. The molecular weight excluding hydrogens is 413 g/mol. The van der Waals surface area contributed by atoms with Crippen LogP contribution in [0.1, 0.15) is 104 Å². The summed E-state index contributed by atoms with van der Waals surface area (Å²) in [5.41, 5.74) is -2.06. The van der Waals surface area contributed by atoms with Crippen LogP contribution in [-0.2, 0) is 0 Å². The van der Waals surface area contributed by atoms with Crippen LogP contribution in [0.5, 0.6) is 0 Å². The molecule has 0 aromatic carbocycles. The Balaban J connectivity index is 1.35. The van der Waals surface area contributed by atoms with Crippen molar-refractivity contribution in [3.8, 4) is 0 Å². The van der Waals surface area contributed by atoms with E-state index in [1.165, 1.54) is 38.5 Å². The van der Waals surface area contributed by atoms with Gasteiger partial charge in [-0.25, -0.2) is 0 Å². The number of unbranched alkanes of at least 4 members (excludes halogenated alkanes) is 1. The molecule has 186 valence electrons. The van der Waals surface area contributed by atoms with Gasteiger partial charge in [0.1, 0.15) is 0 Å². The molecule has 0 amide bonds. The fraction of sp³-hybridized carbons (Fsp3) is 1.00. The second-order valence-electron chi connectivity index (χ2n) is 12.6. The minimum Gasteiger partial charge on any atom is -0.393 e. The summed E-state index contributed by atoms with van der Waals surface area (Å²) in [5, 5.41) is 20.4. The van der Waals surface area contributed by atoms with E-state index in [1.54, 1.807) is 0 Å². The molecule has 0 saturated heterocycles. The molecule has 4 aliphatic rings. The Hall–Kier alpha value is -0.290. The van der Waals surface area contributed by atoms with Crippen molar-refractivity contribution in [2.75, 3.05) is 0 Å². The second-order valence-corrected chi connectivity index (χ2v) is 12.6. The van der Waals surface area contributed by atoms with Crippen LogP contribution in [0, 0.1) is 46.8 Å². The van der Waals surface area contributed by atoms with Crippen LogP contribution < -0.4 is 0 Å². The summed E-state index contributed by atoms with van der Waals surface area (Å²) in [7, 11) is 0. The van der Waals surface area contributed by atoms with E-state index in [0.29, 0.717) is 35.5 Å². The van der Waals surface area contributed by atoms with E-state index in [-0.39, 0.29) is 24.9 Å². The molecule has 4 rings (SSSR count). The van der Waals surface area contributed by atoms with Gasteiger partial charge in [0.05, 0.1) is 6.10 Å². The molecule has 0 unspecified atom stereocenters. The molecule has 4 aliphatic carbocycles. The Morgan fingerprint density at radius 1 is 0.906 bits per heavy atom. The predicted octanol–water partition coefficient (Wildman–Crippen LogP) is 7.13. The highest BCUT2D eigenvalue weighted by atomic mass is 19.4. The molecule has 5 heteroatoms. The third-order valence-corrected chi connectivity index (χ3v) is 10.8. The third-order valence-electron chi connectivity index (χ3n) is 10.8. The fourth-order valence-corrected chi connectivity index (χ4v) is 8.80. The van der Waals surface area contributed by atoms with E-state index in [9.17, 15) is 23.4 Å². The highest BCUT2D eigenvalue weighted by molar-refractivity contribution is 5.07. The standard InChI is InChI=1S/C27H45F3O2/c1-17(2)24(31)7-5-4-6-19-9-11-23-22-10-8-18-16-26(32,27(28,29)30)15-13-20(18)21(22)12-14-25(19,23)3/h17-24,31-32H,4-16H2,1-3H3/t18-,19+,20-,21+,22+,23-,24+,25+,26-/m0/s1. The number of hydrogen-bond acceptors (Lipinski definition) is 2.